The molecule has 6 nitrogen and oxygen atoms in total. The number of carbonyl (C=O) groups is 2. The Bertz CT molecular complexity index is 508. The van der Waals surface area contributed by atoms with Crippen LogP contribution in [0.3, 0.4) is 0 Å². The van der Waals surface area contributed by atoms with Crippen molar-refractivity contribution in [2.24, 2.45) is 0 Å². The van der Waals surface area contributed by atoms with Crippen LogP contribution in [0.25, 0.3) is 0 Å². The number of amides is 2. The summed E-state index contributed by atoms with van der Waals surface area (Å²) in [5.41, 5.74) is 0.0586. The van der Waals surface area contributed by atoms with E-state index in [4.69, 9.17) is 21.4 Å². The third-order valence-corrected chi connectivity index (χ3v) is 3.16. The molecule has 7 heteroatoms. The molecule has 0 atom stereocenters. The summed E-state index contributed by atoms with van der Waals surface area (Å²) in [6, 6.07) is 4.17. The molecule has 0 spiro atoms. The van der Waals surface area contributed by atoms with Gasteiger partial charge in [-0.1, -0.05) is 17.7 Å². The van der Waals surface area contributed by atoms with Gasteiger partial charge >= 0.3 is 12.0 Å². The average molecular weight is 315 g/mol. The van der Waals surface area contributed by atoms with E-state index in [2.05, 4.69) is 5.32 Å². The summed E-state index contributed by atoms with van der Waals surface area (Å²) in [5.74, 6) is -1.19. The maximum Gasteiger partial charge on any atom is 0.339 e. The number of anilines is 1. The monoisotopic (exact) mass is 314 g/mol. The van der Waals surface area contributed by atoms with Gasteiger partial charge in [-0.05, 0) is 26.0 Å². The maximum atomic E-state index is 12.1. The standard InChI is InChI=1S/C14H19ClN2O4/c1-3-17(8-9-21-4-2)14(20)16-11-7-5-6-10(15)12(11)13(18)19/h5-7H,3-4,8-9H2,1-2H3,(H,16,20)(H,18,19). The minimum absolute atomic E-state index is 0.0812. The zero-order chi connectivity index (χ0) is 15.8. The number of urea groups is 1. The van der Waals surface area contributed by atoms with E-state index < -0.39 is 5.97 Å². The van der Waals surface area contributed by atoms with Gasteiger partial charge in [0.25, 0.3) is 0 Å². The molecule has 1 aromatic rings. The number of nitrogens with one attached hydrogen (secondary N) is 1. The fourth-order valence-electron chi connectivity index (χ4n) is 1.76. The van der Waals surface area contributed by atoms with E-state index in [9.17, 15) is 9.59 Å². The molecule has 0 aromatic heterocycles. The number of benzene rings is 1. The highest BCUT2D eigenvalue weighted by molar-refractivity contribution is 6.34. The minimum atomic E-state index is -1.19. The van der Waals surface area contributed by atoms with Crippen molar-refractivity contribution in [1.82, 2.24) is 4.90 Å². The number of ether oxygens (including phenoxy) is 1. The van der Waals surface area contributed by atoms with Crippen molar-refractivity contribution in [2.75, 3.05) is 31.6 Å². The summed E-state index contributed by atoms with van der Waals surface area (Å²) in [6.07, 6.45) is 0. The van der Waals surface area contributed by atoms with Gasteiger partial charge in [0.05, 0.1) is 17.3 Å². The van der Waals surface area contributed by atoms with E-state index in [1.165, 1.54) is 17.0 Å². The summed E-state index contributed by atoms with van der Waals surface area (Å²) in [4.78, 5) is 24.9. The largest absolute Gasteiger partial charge is 0.478 e. The van der Waals surface area contributed by atoms with Crippen LogP contribution in [0.1, 0.15) is 24.2 Å². The number of hydrogen-bond acceptors (Lipinski definition) is 3. The average Bonchev–Trinajstić information content (AvgIpc) is 2.43. The molecule has 0 radical (unpaired) electrons. The van der Waals surface area contributed by atoms with Crippen molar-refractivity contribution in [3.8, 4) is 0 Å². The van der Waals surface area contributed by atoms with Gasteiger partial charge in [0, 0.05) is 19.7 Å². The van der Waals surface area contributed by atoms with Crippen molar-refractivity contribution in [3.63, 3.8) is 0 Å². The lowest BCUT2D eigenvalue weighted by atomic mass is 10.2. The van der Waals surface area contributed by atoms with Crippen molar-refractivity contribution >= 4 is 29.3 Å². The molecule has 0 aliphatic rings. The molecule has 21 heavy (non-hydrogen) atoms. The molecule has 0 bridgehead atoms. The molecular weight excluding hydrogens is 296 g/mol. The molecular formula is C14H19ClN2O4. The number of carbonyl (C=O) groups excluding carboxylic acids is 1. The van der Waals surface area contributed by atoms with Gasteiger partial charge in [0.15, 0.2) is 0 Å². The summed E-state index contributed by atoms with van der Waals surface area (Å²) in [5, 5.41) is 11.8. The van der Waals surface area contributed by atoms with Crippen LogP contribution in [0.4, 0.5) is 10.5 Å². The molecule has 0 saturated heterocycles. The predicted octanol–water partition coefficient (Wildman–Crippen LogP) is 2.93. The van der Waals surface area contributed by atoms with Crippen LogP contribution in [-0.2, 0) is 4.74 Å². The molecule has 2 amide bonds. The highest BCUT2D eigenvalue weighted by atomic mass is 35.5. The molecule has 0 fully saturated rings. The molecule has 0 saturated carbocycles. The molecule has 0 aliphatic carbocycles. The zero-order valence-electron chi connectivity index (χ0n) is 12.1. The highest BCUT2D eigenvalue weighted by Gasteiger charge is 2.18. The van der Waals surface area contributed by atoms with Crippen LogP contribution < -0.4 is 5.32 Å². The van der Waals surface area contributed by atoms with Crippen LogP contribution in [-0.4, -0.2) is 48.3 Å². The minimum Gasteiger partial charge on any atom is -0.478 e. The van der Waals surface area contributed by atoms with Gasteiger partial charge in [0.1, 0.15) is 5.56 Å². The number of rotatable bonds is 7. The Kier molecular flexibility index (Phi) is 6.98. The lowest BCUT2D eigenvalue weighted by molar-refractivity contribution is 0.0698. The van der Waals surface area contributed by atoms with Crippen molar-refractivity contribution in [1.29, 1.82) is 0 Å². The second-order valence-corrected chi connectivity index (χ2v) is 4.58. The van der Waals surface area contributed by atoms with E-state index in [0.29, 0.717) is 26.3 Å². The smallest absolute Gasteiger partial charge is 0.339 e. The Balaban J connectivity index is 2.82. The number of carboxylic acids is 1. The van der Waals surface area contributed by atoms with Gasteiger partial charge < -0.3 is 20.1 Å². The fourth-order valence-corrected chi connectivity index (χ4v) is 2.02. The van der Waals surface area contributed by atoms with E-state index in [0.717, 1.165) is 0 Å². The topological polar surface area (TPSA) is 78.9 Å². The molecule has 0 aliphatic heterocycles. The Morgan fingerprint density at radius 1 is 1.38 bits per heavy atom. The number of nitrogens with zero attached hydrogens (tertiary/aromatic N) is 1. The first kappa shape index (κ1) is 17.3. The predicted molar refractivity (Wildman–Crippen MR) is 81.2 cm³/mol. The number of halogens is 1. The fraction of sp³-hybridized carbons (Fsp3) is 0.429. The van der Waals surface area contributed by atoms with E-state index in [1.54, 1.807) is 6.07 Å². The van der Waals surface area contributed by atoms with Gasteiger partial charge in [-0.3, -0.25) is 0 Å². The van der Waals surface area contributed by atoms with Gasteiger partial charge in [0.2, 0.25) is 0 Å². The number of carboxylic acid groups (broad SMARTS) is 1. The maximum absolute atomic E-state index is 12.1. The Labute approximate surface area is 128 Å². The van der Waals surface area contributed by atoms with Crippen molar-refractivity contribution < 1.29 is 19.4 Å². The number of likely N-dealkylation sites (N-methyl/N-ethyl adjacent to an activating group) is 1. The molecule has 2 N–H and O–H groups in total. The lowest BCUT2D eigenvalue weighted by Crippen LogP contribution is -2.37. The van der Waals surface area contributed by atoms with E-state index in [-0.39, 0.29) is 22.3 Å². The van der Waals surface area contributed by atoms with Gasteiger partial charge in [-0.25, -0.2) is 9.59 Å². The molecule has 0 unspecified atom stereocenters. The van der Waals surface area contributed by atoms with Gasteiger partial charge in [-0.2, -0.15) is 0 Å². The highest BCUT2D eigenvalue weighted by Crippen LogP contribution is 2.24. The van der Waals surface area contributed by atoms with Crippen LogP contribution in [0.2, 0.25) is 5.02 Å². The van der Waals surface area contributed by atoms with Crippen LogP contribution in [0, 0.1) is 0 Å². The quantitative estimate of drug-likeness (QED) is 0.758. The van der Waals surface area contributed by atoms with Crippen LogP contribution in [0.5, 0.6) is 0 Å². The first-order valence-electron chi connectivity index (χ1n) is 6.66. The Morgan fingerprint density at radius 2 is 2.10 bits per heavy atom. The van der Waals surface area contributed by atoms with Gasteiger partial charge in [-0.15, -0.1) is 0 Å². The van der Waals surface area contributed by atoms with Crippen molar-refractivity contribution in [3.05, 3.63) is 28.8 Å². The first-order chi connectivity index (χ1) is 10.0. The van der Waals surface area contributed by atoms with Crippen LogP contribution in [0.15, 0.2) is 18.2 Å². The van der Waals surface area contributed by atoms with Crippen molar-refractivity contribution in [2.45, 2.75) is 13.8 Å². The summed E-state index contributed by atoms with van der Waals surface area (Å²) in [7, 11) is 0. The second-order valence-electron chi connectivity index (χ2n) is 4.17. The second kappa shape index (κ2) is 8.49. The molecule has 1 aromatic carbocycles. The Hall–Kier alpha value is -1.79. The normalized spacial score (nSPS) is 10.2. The Morgan fingerprint density at radius 3 is 2.67 bits per heavy atom. The molecule has 0 heterocycles. The summed E-state index contributed by atoms with van der Waals surface area (Å²) in [6.45, 7) is 5.64. The van der Waals surface area contributed by atoms with Crippen LogP contribution >= 0.6 is 11.6 Å². The number of hydrogen-bond donors (Lipinski definition) is 2. The van der Waals surface area contributed by atoms with E-state index in [1.807, 2.05) is 13.8 Å². The first-order valence-corrected chi connectivity index (χ1v) is 7.04. The molecule has 116 valence electrons. The number of aromatic carboxylic acids is 1. The lowest BCUT2D eigenvalue weighted by Gasteiger charge is -2.21. The summed E-state index contributed by atoms with van der Waals surface area (Å²) < 4.78 is 5.21. The molecule has 1 rings (SSSR count). The zero-order valence-corrected chi connectivity index (χ0v) is 12.8. The SMILES string of the molecule is CCOCCN(CC)C(=O)Nc1cccc(Cl)c1C(=O)O. The third kappa shape index (κ3) is 4.91. The third-order valence-electron chi connectivity index (χ3n) is 2.85. The summed E-state index contributed by atoms with van der Waals surface area (Å²) >= 11 is 5.86. The van der Waals surface area contributed by atoms with E-state index >= 15 is 0 Å².